The Hall–Kier alpha value is -2.19. The molecule has 0 fully saturated rings. The number of hydrogen-bond acceptors (Lipinski definition) is 6. The third-order valence-electron chi connectivity index (χ3n) is 3.77. The van der Waals surface area contributed by atoms with E-state index in [2.05, 4.69) is 20.3 Å². The van der Waals surface area contributed by atoms with Crippen LogP contribution in [0.3, 0.4) is 0 Å². The van der Waals surface area contributed by atoms with E-state index in [1.807, 2.05) is 19.1 Å². The van der Waals surface area contributed by atoms with Crippen molar-refractivity contribution in [3.8, 4) is 11.5 Å². The largest absolute Gasteiger partial charge is 0.486 e. The summed E-state index contributed by atoms with van der Waals surface area (Å²) in [5.41, 5.74) is 6.65. The van der Waals surface area contributed by atoms with E-state index in [-0.39, 0.29) is 30.6 Å². The van der Waals surface area contributed by atoms with Crippen LogP contribution in [0, 0.1) is 0 Å². The van der Waals surface area contributed by atoms with Gasteiger partial charge in [-0.15, -0.1) is 12.4 Å². The maximum Gasteiger partial charge on any atom is 0.407 e. The van der Waals surface area contributed by atoms with Crippen molar-refractivity contribution in [3.05, 3.63) is 18.3 Å². The standard InChI is InChI=1S/C15H20N4O4.ClH/c1-8(16)5-10(18-15(20)21-2)12-7-22-11-4-3-9-6-17-19-13(9)14(11)23-12;/h3-4,6,8,10,12H,5,7,16H2,1-2H3,(H,17,19)(H,18,20);1H/t8?,10-,12?;/m0./s1. The number of methoxy groups -OCH3 is 1. The van der Waals surface area contributed by atoms with E-state index in [0.29, 0.717) is 24.5 Å². The molecule has 1 aromatic carbocycles. The number of fused-ring (bicyclic) bond motifs is 3. The molecule has 4 N–H and O–H groups in total. The van der Waals surface area contributed by atoms with Gasteiger partial charge in [-0.1, -0.05) is 0 Å². The van der Waals surface area contributed by atoms with E-state index < -0.39 is 6.09 Å². The van der Waals surface area contributed by atoms with Crippen LogP contribution in [0.2, 0.25) is 0 Å². The number of carbonyl (C=O) groups excluding carboxylic acids is 1. The predicted molar refractivity (Wildman–Crippen MR) is 90.8 cm³/mol. The molecule has 0 bridgehead atoms. The Bertz CT molecular complexity index is 706. The van der Waals surface area contributed by atoms with Crippen molar-refractivity contribution in [2.24, 2.45) is 5.73 Å². The van der Waals surface area contributed by atoms with Crippen LogP contribution in [0.4, 0.5) is 4.79 Å². The van der Waals surface area contributed by atoms with Crippen LogP contribution in [0.1, 0.15) is 13.3 Å². The second-order valence-electron chi connectivity index (χ2n) is 5.65. The van der Waals surface area contributed by atoms with Crippen LogP contribution in [0.5, 0.6) is 11.5 Å². The molecule has 132 valence electrons. The van der Waals surface area contributed by atoms with Gasteiger partial charge in [0.2, 0.25) is 0 Å². The molecule has 1 aliphatic rings. The smallest absolute Gasteiger partial charge is 0.407 e. The summed E-state index contributed by atoms with van der Waals surface area (Å²) in [5, 5.41) is 10.6. The maximum absolute atomic E-state index is 11.6. The minimum Gasteiger partial charge on any atom is -0.486 e. The number of ether oxygens (including phenoxy) is 3. The van der Waals surface area contributed by atoms with E-state index >= 15 is 0 Å². The fourth-order valence-electron chi connectivity index (χ4n) is 2.67. The Balaban J connectivity index is 0.00000208. The number of nitrogens with zero attached hydrogens (tertiary/aromatic N) is 1. The first-order chi connectivity index (χ1) is 11.1. The van der Waals surface area contributed by atoms with Crippen molar-refractivity contribution >= 4 is 29.4 Å². The Morgan fingerprint density at radius 3 is 3.08 bits per heavy atom. The lowest BCUT2D eigenvalue weighted by Crippen LogP contribution is -2.51. The molecule has 1 aliphatic heterocycles. The van der Waals surface area contributed by atoms with Gasteiger partial charge >= 0.3 is 6.09 Å². The second kappa shape index (κ2) is 7.59. The van der Waals surface area contributed by atoms with Crippen LogP contribution in [0.15, 0.2) is 18.3 Å². The fourth-order valence-corrected chi connectivity index (χ4v) is 2.67. The third kappa shape index (κ3) is 3.65. The highest BCUT2D eigenvalue weighted by Crippen LogP contribution is 2.38. The molecule has 3 rings (SSSR count). The summed E-state index contributed by atoms with van der Waals surface area (Å²) < 4.78 is 16.6. The molecule has 0 saturated carbocycles. The van der Waals surface area contributed by atoms with Gasteiger partial charge in [-0.25, -0.2) is 4.79 Å². The first kappa shape index (κ1) is 18.2. The van der Waals surface area contributed by atoms with Crippen LogP contribution in [0.25, 0.3) is 10.9 Å². The highest BCUT2D eigenvalue weighted by Gasteiger charge is 2.32. The molecular formula is C15H21ClN4O4. The molecule has 0 spiro atoms. The summed E-state index contributed by atoms with van der Waals surface area (Å²) in [6.45, 7) is 2.19. The lowest BCUT2D eigenvalue weighted by molar-refractivity contribution is 0.0576. The van der Waals surface area contributed by atoms with Gasteiger partial charge in [0, 0.05) is 11.4 Å². The van der Waals surface area contributed by atoms with Crippen molar-refractivity contribution in [1.82, 2.24) is 15.5 Å². The summed E-state index contributed by atoms with van der Waals surface area (Å²) in [5.74, 6) is 1.24. The maximum atomic E-state index is 11.6. The zero-order valence-corrected chi connectivity index (χ0v) is 14.3. The van der Waals surface area contributed by atoms with E-state index in [1.165, 1.54) is 7.11 Å². The Kier molecular flexibility index (Phi) is 5.74. The van der Waals surface area contributed by atoms with Crippen LogP contribution < -0.4 is 20.5 Å². The lowest BCUT2D eigenvalue weighted by Gasteiger charge is -2.33. The molecule has 0 radical (unpaired) electrons. The molecule has 8 nitrogen and oxygen atoms in total. The topological polar surface area (TPSA) is 111 Å². The van der Waals surface area contributed by atoms with Gasteiger partial charge in [-0.05, 0) is 25.5 Å². The van der Waals surface area contributed by atoms with Crippen LogP contribution >= 0.6 is 12.4 Å². The highest BCUT2D eigenvalue weighted by molar-refractivity contribution is 5.87. The Morgan fingerprint density at radius 1 is 1.58 bits per heavy atom. The molecule has 1 amide bonds. The molecule has 2 heterocycles. The van der Waals surface area contributed by atoms with Crippen molar-refractivity contribution in [2.45, 2.75) is 31.5 Å². The van der Waals surface area contributed by atoms with E-state index in [9.17, 15) is 4.79 Å². The Morgan fingerprint density at radius 2 is 2.38 bits per heavy atom. The minimum absolute atomic E-state index is 0. The van der Waals surface area contributed by atoms with Gasteiger partial charge < -0.3 is 25.3 Å². The molecule has 9 heteroatoms. The normalized spacial score (nSPS) is 18.4. The molecule has 3 atom stereocenters. The van der Waals surface area contributed by atoms with Crippen molar-refractivity contribution in [2.75, 3.05) is 13.7 Å². The lowest BCUT2D eigenvalue weighted by atomic mass is 10.0. The number of benzene rings is 1. The molecule has 0 aliphatic carbocycles. The zero-order chi connectivity index (χ0) is 16.4. The number of rotatable bonds is 4. The van der Waals surface area contributed by atoms with Crippen molar-refractivity contribution in [1.29, 1.82) is 0 Å². The van der Waals surface area contributed by atoms with Crippen molar-refractivity contribution < 1.29 is 19.0 Å². The number of alkyl carbamates (subject to hydrolysis) is 1. The van der Waals surface area contributed by atoms with E-state index in [1.54, 1.807) is 6.20 Å². The second-order valence-corrected chi connectivity index (χ2v) is 5.65. The number of hydrogen-bond donors (Lipinski definition) is 3. The van der Waals surface area contributed by atoms with E-state index in [4.69, 9.17) is 15.2 Å². The number of carbonyl (C=O) groups is 1. The van der Waals surface area contributed by atoms with Gasteiger partial charge in [0.1, 0.15) is 12.1 Å². The average Bonchev–Trinajstić information content (AvgIpc) is 3.02. The molecule has 2 aromatic rings. The number of aromatic nitrogens is 2. The first-order valence-electron chi connectivity index (χ1n) is 7.44. The predicted octanol–water partition coefficient (Wildman–Crippen LogP) is 1.59. The molecule has 1 aromatic heterocycles. The van der Waals surface area contributed by atoms with Gasteiger partial charge in [-0.2, -0.15) is 5.10 Å². The average molecular weight is 357 g/mol. The molecule has 0 saturated heterocycles. The number of halogens is 1. The summed E-state index contributed by atoms with van der Waals surface area (Å²) in [4.78, 5) is 11.6. The summed E-state index contributed by atoms with van der Waals surface area (Å²) in [7, 11) is 1.32. The van der Waals surface area contributed by atoms with Gasteiger partial charge in [0.15, 0.2) is 17.6 Å². The first-order valence-corrected chi connectivity index (χ1v) is 7.44. The van der Waals surface area contributed by atoms with Gasteiger partial charge in [0.05, 0.1) is 19.3 Å². The van der Waals surface area contributed by atoms with Gasteiger partial charge in [-0.3, -0.25) is 5.10 Å². The summed E-state index contributed by atoms with van der Waals surface area (Å²) in [6.07, 6.45) is 1.36. The number of nitrogens with one attached hydrogen (secondary N) is 2. The number of H-pyrrole nitrogens is 1. The number of aromatic amines is 1. The number of amides is 1. The molecule has 24 heavy (non-hydrogen) atoms. The minimum atomic E-state index is -0.523. The molecular weight excluding hydrogens is 336 g/mol. The highest BCUT2D eigenvalue weighted by atomic mass is 35.5. The third-order valence-corrected chi connectivity index (χ3v) is 3.77. The van der Waals surface area contributed by atoms with Crippen LogP contribution in [-0.2, 0) is 4.74 Å². The monoisotopic (exact) mass is 356 g/mol. The SMILES string of the molecule is COC(=O)N[C@@H](CC(C)N)C1COc2ccc3cn[nH]c3c2O1.Cl. The fraction of sp³-hybridized carbons (Fsp3) is 0.467. The Labute approximate surface area is 145 Å². The van der Waals surface area contributed by atoms with Gasteiger partial charge in [0.25, 0.3) is 0 Å². The zero-order valence-electron chi connectivity index (χ0n) is 13.4. The number of nitrogens with two attached hydrogens (primary N) is 1. The van der Waals surface area contributed by atoms with Crippen LogP contribution in [-0.4, -0.2) is 48.2 Å². The van der Waals surface area contributed by atoms with E-state index in [0.717, 1.165) is 10.9 Å². The molecule has 2 unspecified atom stereocenters. The summed E-state index contributed by atoms with van der Waals surface area (Å²) >= 11 is 0. The summed E-state index contributed by atoms with van der Waals surface area (Å²) in [6, 6.07) is 3.32. The quantitative estimate of drug-likeness (QED) is 0.767. The van der Waals surface area contributed by atoms with Crippen molar-refractivity contribution in [3.63, 3.8) is 0 Å².